The Balaban J connectivity index is 4.10. The van der Waals surface area contributed by atoms with Crippen molar-refractivity contribution in [2.24, 2.45) is 5.92 Å². The molecule has 0 aromatic rings. The first-order chi connectivity index (χ1) is 27.4. The lowest BCUT2D eigenvalue weighted by atomic mass is 10.0. The van der Waals surface area contributed by atoms with E-state index in [4.69, 9.17) is 14.2 Å². The lowest BCUT2D eigenvalue weighted by molar-refractivity contribution is -0.167. The molecule has 0 spiro atoms. The Morgan fingerprint density at radius 1 is 0.339 bits per heavy atom. The van der Waals surface area contributed by atoms with Gasteiger partial charge in [-0.1, -0.05) is 240 Å². The summed E-state index contributed by atoms with van der Waals surface area (Å²) in [7, 11) is 0. The zero-order valence-electron chi connectivity index (χ0n) is 38.1. The van der Waals surface area contributed by atoms with Crippen molar-refractivity contribution >= 4 is 17.9 Å². The summed E-state index contributed by atoms with van der Waals surface area (Å²) < 4.78 is 16.7. The number of hydrogen-bond donors (Lipinski definition) is 0. The van der Waals surface area contributed by atoms with Crippen molar-refractivity contribution in [1.29, 1.82) is 0 Å². The third-order valence-corrected chi connectivity index (χ3v) is 11.3. The van der Waals surface area contributed by atoms with Crippen LogP contribution in [-0.4, -0.2) is 37.2 Å². The highest BCUT2D eigenvalue weighted by atomic mass is 16.6. The second kappa shape index (κ2) is 44.5. The minimum atomic E-state index is -0.758. The molecule has 0 aromatic heterocycles. The predicted molar refractivity (Wildman–Crippen MR) is 238 cm³/mol. The fraction of sp³-hybridized carbons (Fsp3) is 0.940. The SMILES string of the molecule is CCCCCCCCCCCCCCCCCCCCCC(=O)OC[C@@H](COC(=O)CCCCCCC)OC(=O)CCCCCCCCCCCCCC(C)C. The average molecular weight is 793 g/mol. The number of carbonyl (C=O) groups is 3. The number of hydrogen-bond acceptors (Lipinski definition) is 6. The van der Waals surface area contributed by atoms with Crippen LogP contribution in [0.4, 0.5) is 0 Å². The first kappa shape index (κ1) is 54.4. The summed E-state index contributed by atoms with van der Waals surface area (Å²) in [6, 6.07) is 0. The van der Waals surface area contributed by atoms with Crippen LogP contribution in [0, 0.1) is 5.92 Å². The van der Waals surface area contributed by atoms with Gasteiger partial charge in [0.05, 0.1) is 0 Å². The zero-order valence-corrected chi connectivity index (χ0v) is 38.1. The van der Waals surface area contributed by atoms with E-state index in [1.165, 1.54) is 167 Å². The smallest absolute Gasteiger partial charge is 0.306 e. The molecule has 0 bridgehead atoms. The van der Waals surface area contributed by atoms with Gasteiger partial charge >= 0.3 is 17.9 Å². The van der Waals surface area contributed by atoms with Gasteiger partial charge in [0, 0.05) is 19.3 Å². The maximum absolute atomic E-state index is 12.7. The lowest BCUT2D eigenvalue weighted by Gasteiger charge is -2.18. The molecule has 0 saturated carbocycles. The Labute approximate surface area is 348 Å². The second-order valence-electron chi connectivity index (χ2n) is 17.6. The molecule has 1 atom stereocenters. The van der Waals surface area contributed by atoms with E-state index in [1.54, 1.807) is 0 Å². The van der Waals surface area contributed by atoms with Crippen LogP contribution in [0.3, 0.4) is 0 Å². The summed E-state index contributed by atoms with van der Waals surface area (Å²) in [4.78, 5) is 37.6. The van der Waals surface area contributed by atoms with E-state index in [2.05, 4.69) is 27.7 Å². The van der Waals surface area contributed by atoms with Gasteiger partial charge in [0.2, 0.25) is 0 Å². The zero-order chi connectivity index (χ0) is 41.0. The summed E-state index contributed by atoms with van der Waals surface area (Å²) in [6.45, 7) is 8.93. The molecule has 332 valence electrons. The molecule has 0 aliphatic heterocycles. The highest BCUT2D eigenvalue weighted by molar-refractivity contribution is 5.71. The molecular formula is C50H96O6. The molecule has 0 N–H and O–H groups in total. The van der Waals surface area contributed by atoms with Crippen molar-refractivity contribution in [3.8, 4) is 0 Å². The molecule has 0 aliphatic carbocycles. The highest BCUT2D eigenvalue weighted by Crippen LogP contribution is 2.17. The maximum Gasteiger partial charge on any atom is 0.306 e. The van der Waals surface area contributed by atoms with E-state index in [0.717, 1.165) is 70.1 Å². The molecule has 0 aliphatic rings. The van der Waals surface area contributed by atoms with Crippen LogP contribution in [0.15, 0.2) is 0 Å². The van der Waals surface area contributed by atoms with Crippen LogP contribution >= 0.6 is 0 Å². The van der Waals surface area contributed by atoms with Crippen molar-refractivity contribution in [1.82, 2.24) is 0 Å². The fourth-order valence-corrected chi connectivity index (χ4v) is 7.51. The van der Waals surface area contributed by atoms with Crippen LogP contribution in [0.25, 0.3) is 0 Å². The van der Waals surface area contributed by atoms with Gasteiger partial charge in [0.25, 0.3) is 0 Å². The van der Waals surface area contributed by atoms with Crippen LogP contribution in [0.5, 0.6) is 0 Å². The molecule has 0 amide bonds. The Morgan fingerprint density at radius 2 is 0.589 bits per heavy atom. The Kier molecular flexibility index (Phi) is 43.2. The molecule has 0 heterocycles. The molecule has 0 radical (unpaired) electrons. The van der Waals surface area contributed by atoms with Crippen molar-refractivity contribution in [3.63, 3.8) is 0 Å². The minimum absolute atomic E-state index is 0.0643. The second-order valence-corrected chi connectivity index (χ2v) is 17.6. The topological polar surface area (TPSA) is 78.9 Å². The first-order valence-electron chi connectivity index (χ1n) is 24.9. The van der Waals surface area contributed by atoms with E-state index in [9.17, 15) is 14.4 Å². The Morgan fingerprint density at radius 3 is 0.875 bits per heavy atom. The van der Waals surface area contributed by atoms with Crippen molar-refractivity contribution in [2.45, 2.75) is 284 Å². The molecular weight excluding hydrogens is 697 g/mol. The lowest BCUT2D eigenvalue weighted by Crippen LogP contribution is -2.30. The van der Waals surface area contributed by atoms with Gasteiger partial charge in [-0.15, -0.1) is 0 Å². The third-order valence-electron chi connectivity index (χ3n) is 11.3. The van der Waals surface area contributed by atoms with E-state index in [1.807, 2.05) is 0 Å². The molecule has 56 heavy (non-hydrogen) atoms. The van der Waals surface area contributed by atoms with E-state index in [0.29, 0.717) is 19.3 Å². The summed E-state index contributed by atoms with van der Waals surface area (Å²) in [5.74, 6) is -0.0382. The summed E-state index contributed by atoms with van der Waals surface area (Å²) >= 11 is 0. The molecule has 0 rings (SSSR count). The van der Waals surface area contributed by atoms with Gasteiger partial charge in [-0.25, -0.2) is 0 Å². The van der Waals surface area contributed by atoms with Crippen LogP contribution in [-0.2, 0) is 28.6 Å². The van der Waals surface area contributed by atoms with E-state index < -0.39 is 6.10 Å². The largest absolute Gasteiger partial charge is 0.462 e. The summed E-state index contributed by atoms with van der Waals surface area (Å²) in [6.07, 6.45) is 45.5. The molecule has 6 heteroatoms. The minimum Gasteiger partial charge on any atom is -0.462 e. The molecule has 0 saturated heterocycles. The maximum atomic E-state index is 12.7. The molecule has 0 fully saturated rings. The molecule has 0 unspecified atom stereocenters. The quantitative estimate of drug-likeness (QED) is 0.0347. The van der Waals surface area contributed by atoms with Crippen LogP contribution in [0.1, 0.15) is 278 Å². The van der Waals surface area contributed by atoms with Crippen LogP contribution < -0.4 is 0 Å². The van der Waals surface area contributed by atoms with E-state index >= 15 is 0 Å². The van der Waals surface area contributed by atoms with Crippen molar-refractivity contribution in [3.05, 3.63) is 0 Å². The van der Waals surface area contributed by atoms with E-state index in [-0.39, 0.29) is 31.1 Å². The Hall–Kier alpha value is -1.59. The number of unbranched alkanes of at least 4 members (excludes halogenated alkanes) is 32. The fourth-order valence-electron chi connectivity index (χ4n) is 7.51. The molecule has 0 aromatic carbocycles. The van der Waals surface area contributed by atoms with Gasteiger partial charge in [-0.2, -0.15) is 0 Å². The van der Waals surface area contributed by atoms with Gasteiger partial charge in [-0.05, 0) is 25.2 Å². The monoisotopic (exact) mass is 793 g/mol. The first-order valence-corrected chi connectivity index (χ1v) is 24.9. The standard InChI is InChI=1S/C50H96O6/c1-5-7-9-11-12-13-14-15-16-17-18-19-20-21-24-27-30-34-38-42-49(52)55-45-47(44-54-48(51)41-37-32-10-8-6-2)56-50(53)43-39-35-31-28-25-22-23-26-29-33-36-40-46(3)4/h46-47H,5-45H2,1-4H3/t47-/m1/s1. The highest BCUT2D eigenvalue weighted by Gasteiger charge is 2.19. The normalized spacial score (nSPS) is 11.9. The summed E-state index contributed by atoms with van der Waals surface area (Å²) in [5.41, 5.74) is 0. The molecule has 6 nitrogen and oxygen atoms in total. The predicted octanol–water partition coefficient (Wildman–Crippen LogP) is 15.9. The summed E-state index contributed by atoms with van der Waals surface area (Å²) in [5, 5.41) is 0. The number of carbonyl (C=O) groups excluding carboxylic acids is 3. The van der Waals surface area contributed by atoms with Gasteiger partial charge < -0.3 is 14.2 Å². The third kappa shape index (κ3) is 43.5. The average Bonchev–Trinajstić information content (AvgIpc) is 3.18. The number of rotatable bonds is 45. The van der Waals surface area contributed by atoms with Crippen molar-refractivity contribution < 1.29 is 28.6 Å². The van der Waals surface area contributed by atoms with Crippen LogP contribution in [0.2, 0.25) is 0 Å². The van der Waals surface area contributed by atoms with Gasteiger partial charge in [-0.3, -0.25) is 14.4 Å². The van der Waals surface area contributed by atoms with Crippen molar-refractivity contribution in [2.75, 3.05) is 13.2 Å². The number of esters is 3. The Bertz CT molecular complexity index is 841. The van der Waals surface area contributed by atoms with Gasteiger partial charge in [0.1, 0.15) is 13.2 Å². The van der Waals surface area contributed by atoms with Gasteiger partial charge in [0.15, 0.2) is 6.10 Å². The number of ether oxygens (including phenoxy) is 3.